The van der Waals surface area contributed by atoms with Gasteiger partial charge in [-0.05, 0) is 89.0 Å². The summed E-state index contributed by atoms with van der Waals surface area (Å²) in [5.41, 5.74) is -1.87. The normalized spacial score (nSPS) is 26.1. The molecular weight excluding hydrogens is 618 g/mol. The van der Waals surface area contributed by atoms with Crippen LogP contribution in [-0.2, 0) is 19.1 Å². The largest absolute Gasteiger partial charge is 0.494 e. The molecule has 0 aliphatic carbocycles. The number of nitrogens with zero attached hydrogens (tertiary/aromatic N) is 3. The van der Waals surface area contributed by atoms with Gasteiger partial charge in [-0.3, -0.25) is 14.4 Å². The molecule has 1 spiro atoms. The molecule has 2 unspecified atom stereocenters. The van der Waals surface area contributed by atoms with E-state index in [-0.39, 0.29) is 36.3 Å². The first-order chi connectivity index (χ1) is 23.2. The van der Waals surface area contributed by atoms with Gasteiger partial charge in [0.05, 0.1) is 24.0 Å². The van der Waals surface area contributed by atoms with Gasteiger partial charge in [-0.1, -0.05) is 52.7 Å². The third-order valence-electron chi connectivity index (χ3n) is 10.8. The molecule has 3 aliphatic heterocycles. The second-order valence-corrected chi connectivity index (χ2v) is 16.0. The molecule has 5 atom stereocenters. The number of hydrogen-bond donors (Lipinski definition) is 1. The van der Waals surface area contributed by atoms with Crippen molar-refractivity contribution in [2.45, 2.75) is 123 Å². The summed E-state index contributed by atoms with van der Waals surface area (Å²) in [6.07, 6.45) is 8.92. The maximum Gasteiger partial charge on any atom is 0.249 e. The van der Waals surface area contributed by atoms with E-state index in [4.69, 9.17) is 9.47 Å². The highest BCUT2D eigenvalue weighted by Gasteiger charge is 2.79. The number of fused-ring (bicyclic) bond motifs is 1. The van der Waals surface area contributed by atoms with Crippen molar-refractivity contribution in [3.63, 3.8) is 0 Å². The Morgan fingerprint density at radius 1 is 1.00 bits per heavy atom. The van der Waals surface area contributed by atoms with Gasteiger partial charge in [-0.15, -0.1) is 13.2 Å². The number of carbonyl (C=O) groups is 3. The maximum absolute atomic E-state index is 15.1. The number of amides is 3. The lowest BCUT2D eigenvalue weighted by molar-refractivity contribution is -0.157. The Kier molecular flexibility index (Phi) is 12.1. The lowest BCUT2D eigenvalue weighted by Gasteiger charge is -2.45. The predicted octanol–water partition coefficient (Wildman–Crippen LogP) is 6.54. The zero-order valence-electron chi connectivity index (χ0n) is 31.1. The first-order valence-corrected chi connectivity index (χ1v) is 18.4. The summed E-state index contributed by atoms with van der Waals surface area (Å²) in [5.74, 6) is -1.33. The molecule has 4 rings (SSSR count). The molecule has 3 heterocycles. The quantitative estimate of drug-likeness (QED) is 0.140. The Morgan fingerprint density at radius 3 is 2.22 bits per heavy atom. The number of carbonyl (C=O) groups excluding carboxylic acids is 3. The number of anilines is 1. The molecule has 9 heteroatoms. The van der Waals surface area contributed by atoms with E-state index < -0.39 is 34.6 Å². The molecule has 3 saturated heterocycles. The van der Waals surface area contributed by atoms with Crippen LogP contribution in [0.15, 0.2) is 49.6 Å². The highest BCUT2D eigenvalue weighted by molar-refractivity contribution is 6.03. The fourth-order valence-electron chi connectivity index (χ4n) is 9.17. The molecule has 1 N–H and O–H groups in total. The van der Waals surface area contributed by atoms with Gasteiger partial charge in [0.2, 0.25) is 17.7 Å². The third-order valence-corrected chi connectivity index (χ3v) is 10.8. The van der Waals surface area contributed by atoms with Crippen molar-refractivity contribution in [2.75, 3.05) is 37.7 Å². The molecular formula is C40H61N3O6. The lowest BCUT2D eigenvalue weighted by Crippen LogP contribution is -2.61. The van der Waals surface area contributed by atoms with Crippen molar-refractivity contribution >= 4 is 23.4 Å². The first-order valence-electron chi connectivity index (χ1n) is 18.4. The molecule has 3 aliphatic rings. The van der Waals surface area contributed by atoms with Gasteiger partial charge >= 0.3 is 0 Å². The zero-order valence-corrected chi connectivity index (χ0v) is 31.1. The Bertz CT molecular complexity index is 1350. The minimum atomic E-state index is -1.12. The Hall–Kier alpha value is -3.17. The second-order valence-electron chi connectivity index (χ2n) is 16.0. The zero-order chi connectivity index (χ0) is 36.2. The number of aliphatic hydroxyl groups is 1. The summed E-state index contributed by atoms with van der Waals surface area (Å²) in [7, 11) is 0. The van der Waals surface area contributed by atoms with Gasteiger partial charge in [0.1, 0.15) is 17.4 Å². The van der Waals surface area contributed by atoms with Crippen molar-refractivity contribution < 1.29 is 29.0 Å². The van der Waals surface area contributed by atoms with Crippen LogP contribution < -0.4 is 9.64 Å². The summed E-state index contributed by atoms with van der Waals surface area (Å²) in [4.78, 5) is 50.3. The summed E-state index contributed by atoms with van der Waals surface area (Å²) in [6, 6.07) is 6.56. The second kappa shape index (κ2) is 15.4. The fraction of sp³-hybridized carbons (Fsp3) is 0.675. The van der Waals surface area contributed by atoms with E-state index in [1.165, 1.54) is 0 Å². The molecule has 272 valence electrons. The highest BCUT2D eigenvalue weighted by Crippen LogP contribution is 2.65. The van der Waals surface area contributed by atoms with Crippen LogP contribution in [0.5, 0.6) is 5.75 Å². The lowest BCUT2D eigenvalue weighted by atomic mass is 9.64. The van der Waals surface area contributed by atoms with Crippen LogP contribution in [0.3, 0.4) is 0 Å². The first kappa shape index (κ1) is 38.6. The molecule has 0 saturated carbocycles. The Balaban J connectivity index is 1.80. The topological polar surface area (TPSA) is 99.6 Å². The average Bonchev–Trinajstić information content (AvgIpc) is 3.64. The molecule has 3 amide bonds. The highest BCUT2D eigenvalue weighted by atomic mass is 16.5. The predicted molar refractivity (Wildman–Crippen MR) is 194 cm³/mol. The van der Waals surface area contributed by atoms with Gasteiger partial charge in [0.25, 0.3) is 0 Å². The van der Waals surface area contributed by atoms with E-state index in [9.17, 15) is 14.7 Å². The van der Waals surface area contributed by atoms with Crippen molar-refractivity contribution in [3.05, 3.63) is 49.6 Å². The number of ether oxygens (including phenoxy) is 2. The average molecular weight is 680 g/mol. The van der Waals surface area contributed by atoms with Crippen LogP contribution in [0.4, 0.5) is 5.69 Å². The van der Waals surface area contributed by atoms with Gasteiger partial charge in [0.15, 0.2) is 0 Å². The minimum absolute atomic E-state index is 0.0521. The molecule has 49 heavy (non-hydrogen) atoms. The monoisotopic (exact) mass is 679 g/mol. The smallest absolute Gasteiger partial charge is 0.249 e. The third kappa shape index (κ3) is 7.48. The van der Waals surface area contributed by atoms with Crippen molar-refractivity contribution in [1.29, 1.82) is 0 Å². The van der Waals surface area contributed by atoms with E-state index >= 15 is 4.79 Å². The van der Waals surface area contributed by atoms with Crippen LogP contribution in [0, 0.1) is 17.3 Å². The van der Waals surface area contributed by atoms with Gasteiger partial charge in [-0.25, -0.2) is 0 Å². The van der Waals surface area contributed by atoms with E-state index in [1.54, 1.807) is 22.0 Å². The summed E-state index contributed by atoms with van der Waals surface area (Å²) < 4.78 is 12.8. The summed E-state index contributed by atoms with van der Waals surface area (Å²) >= 11 is 0. The number of likely N-dealkylation sites (tertiary alicyclic amines) is 1. The Morgan fingerprint density at radius 2 is 1.65 bits per heavy atom. The fourth-order valence-corrected chi connectivity index (χ4v) is 9.17. The number of hydrogen-bond acceptors (Lipinski definition) is 6. The van der Waals surface area contributed by atoms with Gasteiger partial charge in [0, 0.05) is 37.5 Å². The van der Waals surface area contributed by atoms with Crippen LogP contribution in [0.25, 0.3) is 0 Å². The van der Waals surface area contributed by atoms with Crippen LogP contribution in [-0.4, -0.2) is 88.3 Å². The van der Waals surface area contributed by atoms with Crippen molar-refractivity contribution in [2.24, 2.45) is 17.3 Å². The van der Waals surface area contributed by atoms with Crippen LogP contribution in [0.2, 0.25) is 0 Å². The van der Waals surface area contributed by atoms with Gasteiger partial charge in [-0.2, -0.15) is 0 Å². The standard InChI is InChI=1S/C40H61N3O6/c1-10-24-41(29-18-20-30(21-19-29)48-13-4)34(45)31-32-35(46)42(26-16-14-15-17-27-44)33(40(32)23-22-39(31,12-3)49-40)36(47)43(25-11-2)38(8,9)28-37(5,6)7/h10-11,18-21,31-33,44H,1-2,12-17,22-28H2,3-9H3/t31-,32-,33?,39+,40?/m0/s1. The number of benzene rings is 1. The number of aliphatic hydroxyl groups excluding tert-OH is 1. The SMILES string of the molecule is C=CCN(C(=O)[C@@H]1[C@H]2C(=O)N(CCCCCCO)C(C(=O)N(CC=C)C(C)(C)CC(C)(C)C)C23CC[C@@]1(CC)O3)c1ccc(OCC)cc1. The molecule has 0 aromatic heterocycles. The van der Waals surface area contributed by atoms with E-state index in [0.717, 1.165) is 19.3 Å². The van der Waals surface area contributed by atoms with E-state index in [2.05, 4.69) is 47.8 Å². The summed E-state index contributed by atoms with van der Waals surface area (Å²) in [5, 5.41) is 9.33. The van der Waals surface area contributed by atoms with E-state index in [0.29, 0.717) is 63.2 Å². The molecule has 2 bridgehead atoms. The minimum Gasteiger partial charge on any atom is -0.494 e. The molecule has 9 nitrogen and oxygen atoms in total. The molecule has 1 aromatic rings. The number of rotatable bonds is 18. The van der Waals surface area contributed by atoms with Crippen LogP contribution in [0.1, 0.15) is 99.8 Å². The maximum atomic E-state index is 15.1. The molecule has 1 aromatic carbocycles. The van der Waals surface area contributed by atoms with Crippen molar-refractivity contribution in [1.82, 2.24) is 9.80 Å². The molecule has 3 fully saturated rings. The van der Waals surface area contributed by atoms with Crippen LogP contribution >= 0.6 is 0 Å². The molecule has 0 radical (unpaired) electrons. The van der Waals surface area contributed by atoms with Crippen molar-refractivity contribution in [3.8, 4) is 5.75 Å². The number of unbranched alkanes of at least 4 members (excludes halogenated alkanes) is 3. The summed E-state index contributed by atoms with van der Waals surface area (Å²) in [6.45, 7) is 24.2. The van der Waals surface area contributed by atoms with Gasteiger partial charge < -0.3 is 29.3 Å². The van der Waals surface area contributed by atoms with E-state index in [1.807, 2.05) is 43.0 Å². The Labute approximate surface area is 294 Å².